The summed E-state index contributed by atoms with van der Waals surface area (Å²) in [5.41, 5.74) is 7.04. The summed E-state index contributed by atoms with van der Waals surface area (Å²) in [6, 6.07) is 17.9. The number of carbonyl (C=O) groups excluding carboxylic acids is 1. The first-order valence-corrected chi connectivity index (χ1v) is 9.91. The van der Waals surface area contributed by atoms with E-state index in [-0.39, 0.29) is 34.4 Å². The fourth-order valence-electron chi connectivity index (χ4n) is 3.52. The summed E-state index contributed by atoms with van der Waals surface area (Å²) in [4.78, 5) is 22.7. The molecule has 0 aliphatic carbocycles. The molecule has 0 saturated carbocycles. The number of nitro benzene ring substituents is 1. The van der Waals surface area contributed by atoms with E-state index in [1.807, 2.05) is 6.07 Å². The molecule has 0 bridgehead atoms. The van der Waals surface area contributed by atoms with E-state index in [2.05, 4.69) is 0 Å². The average Bonchev–Trinajstić information content (AvgIpc) is 2.82. The summed E-state index contributed by atoms with van der Waals surface area (Å²) in [6.07, 6.45) is 0. The number of allylic oxidation sites excluding steroid dienone is 1. The Bertz CT molecular complexity index is 1350. The number of hydrogen-bond donors (Lipinski definition) is 1. The number of nitro groups is 1. The molecule has 1 aliphatic heterocycles. The fourth-order valence-corrected chi connectivity index (χ4v) is 3.52. The number of nitriles is 1. The van der Waals surface area contributed by atoms with E-state index in [0.29, 0.717) is 11.1 Å². The lowest BCUT2D eigenvalue weighted by Gasteiger charge is -2.26. The molecule has 10 heteroatoms. The van der Waals surface area contributed by atoms with Crippen LogP contribution in [0.5, 0.6) is 17.2 Å². The van der Waals surface area contributed by atoms with Gasteiger partial charge in [-0.05, 0) is 29.8 Å². The predicted molar refractivity (Wildman–Crippen MR) is 116 cm³/mol. The molecular formula is C24H16FN3O6. The summed E-state index contributed by atoms with van der Waals surface area (Å²) < 4.78 is 29.5. The predicted octanol–water partition coefficient (Wildman–Crippen LogP) is 3.94. The molecule has 0 spiro atoms. The lowest BCUT2D eigenvalue weighted by atomic mass is 9.83. The van der Waals surface area contributed by atoms with Gasteiger partial charge in [-0.2, -0.15) is 5.26 Å². The highest BCUT2D eigenvalue weighted by atomic mass is 19.1. The standard InChI is InChI=1S/C24H16FN3O6/c25-15-7-5-14(6-8-15)23-17-10-9-16(11-21(17)34-24(27)18(23)12-26)33-22(29)13-32-20-4-2-1-3-19(20)28(30)31/h1-11,23H,13,27H2. The van der Waals surface area contributed by atoms with Crippen LogP contribution in [-0.4, -0.2) is 17.5 Å². The minimum atomic E-state index is -0.801. The number of carbonyl (C=O) groups is 1. The van der Waals surface area contributed by atoms with E-state index in [0.717, 1.165) is 0 Å². The molecule has 9 nitrogen and oxygen atoms in total. The quantitative estimate of drug-likeness (QED) is 0.252. The molecule has 1 atom stereocenters. The summed E-state index contributed by atoms with van der Waals surface area (Å²) in [6.45, 7) is -0.568. The molecule has 3 aromatic rings. The van der Waals surface area contributed by atoms with Crippen molar-refractivity contribution in [1.82, 2.24) is 0 Å². The van der Waals surface area contributed by atoms with E-state index in [1.54, 1.807) is 24.3 Å². The third-order valence-corrected chi connectivity index (χ3v) is 5.03. The van der Waals surface area contributed by atoms with Gasteiger partial charge in [0.1, 0.15) is 29.0 Å². The van der Waals surface area contributed by atoms with Crippen molar-refractivity contribution in [2.45, 2.75) is 5.92 Å². The van der Waals surface area contributed by atoms with Crippen molar-refractivity contribution in [1.29, 1.82) is 5.26 Å². The summed E-state index contributed by atoms with van der Waals surface area (Å²) in [5.74, 6) is -1.63. The van der Waals surface area contributed by atoms with Gasteiger partial charge in [-0.15, -0.1) is 0 Å². The molecule has 3 aromatic carbocycles. The number of fused-ring (bicyclic) bond motifs is 1. The summed E-state index contributed by atoms with van der Waals surface area (Å²) >= 11 is 0. The van der Waals surface area contributed by atoms with Crippen LogP contribution in [-0.2, 0) is 4.79 Å². The Morgan fingerprint density at radius 3 is 2.62 bits per heavy atom. The third-order valence-electron chi connectivity index (χ3n) is 5.03. The molecule has 34 heavy (non-hydrogen) atoms. The van der Waals surface area contributed by atoms with Gasteiger partial charge in [-0.1, -0.05) is 30.3 Å². The summed E-state index contributed by atoms with van der Waals surface area (Å²) in [7, 11) is 0. The van der Waals surface area contributed by atoms with Gasteiger partial charge >= 0.3 is 11.7 Å². The van der Waals surface area contributed by atoms with Crippen LogP contribution in [0.15, 0.2) is 78.2 Å². The monoisotopic (exact) mass is 461 g/mol. The highest BCUT2D eigenvalue weighted by molar-refractivity contribution is 5.74. The van der Waals surface area contributed by atoms with Gasteiger partial charge in [0.15, 0.2) is 12.4 Å². The number of para-hydroxylation sites is 2. The SMILES string of the molecule is N#CC1=C(N)Oc2cc(OC(=O)COc3ccccc3[N+](=O)[O-])ccc2C1c1ccc(F)cc1. The second kappa shape index (κ2) is 9.30. The molecule has 170 valence electrons. The van der Waals surface area contributed by atoms with Crippen LogP contribution in [0.4, 0.5) is 10.1 Å². The molecule has 0 radical (unpaired) electrons. The van der Waals surface area contributed by atoms with Crippen LogP contribution >= 0.6 is 0 Å². The lowest BCUT2D eigenvalue weighted by Crippen LogP contribution is -2.21. The number of nitrogens with two attached hydrogens (primary N) is 1. The number of rotatable bonds is 6. The van der Waals surface area contributed by atoms with E-state index in [9.17, 15) is 24.6 Å². The molecule has 0 amide bonds. The van der Waals surface area contributed by atoms with Crippen molar-refractivity contribution in [3.05, 3.63) is 105 Å². The fraction of sp³-hybridized carbons (Fsp3) is 0.0833. The van der Waals surface area contributed by atoms with Crippen molar-refractivity contribution < 1.29 is 28.3 Å². The molecule has 4 rings (SSSR count). The van der Waals surface area contributed by atoms with E-state index >= 15 is 0 Å². The van der Waals surface area contributed by atoms with Crippen molar-refractivity contribution in [2.24, 2.45) is 5.73 Å². The maximum atomic E-state index is 13.4. The minimum Gasteiger partial charge on any atom is -0.475 e. The molecule has 1 heterocycles. The zero-order valence-electron chi connectivity index (χ0n) is 17.4. The van der Waals surface area contributed by atoms with E-state index in [4.69, 9.17) is 19.9 Å². The van der Waals surface area contributed by atoms with Crippen molar-refractivity contribution in [2.75, 3.05) is 6.61 Å². The van der Waals surface area contributed by atoms with Crippen molar-refractivity contribution in [3.63, 3.8) is 0 Å². The zero-order chi connectivity index (χ0) is 24.2. The maximum Gasteiger partial charge on any atom is 0.349 e. The van der Waals surface area contributed by atoms with Crippen LogP contribution in [0.2, 0.25) is 0 Å². The first kappa shape index (κ1) is 22.3. The Morgan fingerprint density at radius 1 is 1.18 bits per heavy atom. The van der Waals surface area contributed by atoms with Crippen LogP contribution in [0.3, 0.4) is 0 Å². The average molecular weight is 461 g/mol. The first-order valence-electron chi connectivity index (χ1n) is 9.91. The van der Waals surface area contributed by atoms with Crippen LogP contribution in [0.25, 0.3) is 0 Å². The number of hydrogen-bond acceptors (Lipinski definition) is 8. The topological polar surface area (TPSA) is 138 Å². The Labute approximate surface area is 192 Å². The summed E-state index contributed by atoms with van der Waals surface area (Å²) in [5, 5.41) is 20.6. The van der Waals surface area contributed by atoms with Crippen LogP contribution < -0.4 is 19.9 Å². The van der Waals surface area contributed by atoms with Gasteiger partial charge in [-0.25, -0.2) is 9.18 Å². The Balaban J connectivity index is 1.53. The zero-order valence-corrected chi connectivity index (χ0v) is 17.4. The first-order chi connectivity index (χ1) is 16.4. The number of halogens is 1. The second-order valence-electron chi connectivity index (χ2n) is 7.16. The van der Waals surface area contributed by atoms with Gasteiger partial charge < -0.3 is 19.9 Å². The molecule has 2 N–H and O–H groups in total. The molecule has 0 fully saturated rings. The lowest BCUT2D eigenvalue weighted by molar-refractivity contribution is -0.385. The van der Waals surface area contributed by atoms with Crippen molar-refractivity contribution in [3.8, 4) is 23.3 Å². The number of ether oxygens (including phenoxy) is 3. The molecule has 1 aliphatic rings. The Morgan fingerprint density at radius 2 is 1.91 bits per heavy atom. The number of benzene rings is 3. The van der Waals surface area contributed by atoms with Gasteiger partial charge in [0.25, 0.3) is 0 Å². The van der Waals surface area contributed by atoms with Crippen LogP contribution in [0, 0.1) is 27.3 Å². The highest BCUT2D eigenvalue weighted by Gasteiger charge is 2.31. The van der Waals surface area contributed by atoms with Crippen molar-refractivity contribution >= 4 is 11.7 Å². The van der Waals surface area contributed by atoms with Gasteiger partial charge in [-0.3, -0.25) is 10.1 Å². The van der Waals surface area contributed by atoms with Gasteiger partial charge in [0.2, 0.25) is 5.88 Å². The second-order valence-corrected chi connectivity index (χ2v) is 7.16. The number of esters is 1. The molecule has 0 saturated heterocycles. The molecular weight excluding hydrogens is 445 g/mol. The smallest absolute Gasteiger partial charge is 0.349 e. The Kier molecular flexibility index (Phi) is 6.09. The van der Waals surface area contributed by atoms with E-state index in [1.165, 1.54) is 42.5 Å². The largest absolute Gasteiger partial charge is 0.475 e. The minimum absolute atomic E-state index is 0.0673. The highest BCUT2D eigenvalue weighted by Crippen LogP contribution is 2.43. The molecule has 0 aromatic heterocycles. The third kappa shape index (κ3) is 4.49. The Hall–Kier alpha value is -4.91. The maximum absolute atomic E-state index is 13.4. The van der Waals surface area contributed by atoms with Gasteiger partial charge in [0, 0.05) is 17.7 Å². The normalized spacial score (nSPS) is 14.4. The van der Waals surface area contributed by atoms with Crippen LogP contribution in [0.1, 0.15) is 17.0 Å². The number of nitrogens with zero attached hydrogens (tertiary/aromatic N) is 2. The van der Waals surface area contributed by atoms with E-state index < -0.39 is 29.2 Å². The molecule has 1 unspecified atom stereocenters. The van der Waals surface area contributed by atoms with Gasteiger partial charge in [0.05, 0.1) is 10.8 Å².